The lowest BCUT2D eigenvalue weighted by Gasteiger charge is -2.27. The van der Waals surface area contributed by atoms with Gasteiger partial charge in [0.15, 0.2) is 0 Å². The SMILES string of the molecule is Cc1ccc(CN(CCc2ccccc2)C(=O)CN(CC2CC2)C(=O)c2ccc(Cl)c(Cl)c2)o1. The van der Waals surface area contributed by atoms with Crippen molar-refractivity contribution in [2.75, 3.05) is 19.6 Å². The van der Waals surface area contributed by atoms with Gasteiger partial charge >= 0.3 is 0 Å². The van der Waals surface area contributed by atoms with E-state index in [0.717, 1.165) is 36.3 Å². The van der Waals surface area contributed by atoms with E-state index < -0.39 is 0 Å². The minimum Gasteiger partial charge on any atom is -0.464 e. The Kier molecular flexibility index (Phi) is 7.96. The topological polar surface area (TPSA) is 53.8 Å². The first-order valence-corrected chi connectivity index (χ1v) is 12.3. The Bertz CT molecular complexity index is 1140. The van der Waals surface area contributed by atoms with Crippen LogP contribution in [0.25, 0.3) is 0 Å². The van der Waals surface area contributed by atoms with E-state index in [1.165, 1.54) is 0 Å². The van der Waals surface area contributed by atoms with Gasteiger partial charge in [-0.2, -0.15) is 0 Å². The molecule has 0 saturated heterocycles. The summed E-state index contributed by atoms with van der Waals surface area (Å²) in [7, 11) is 0. The fourth-order valence-corrected chi connectivity index (χ4v) is 4.16. The molecule has 4 rings (SSSR count). The summed E-state index contributed by atoms with van der Waals surface area (Å²) in [5.41, 5.74) is 1.58. The van der Waals surface area contributed by atoms with Crippen LogP contribution in [0.3, 0.4) is 0 Å². The number of nitrogens with zero attached hydrogens (tertiary/aromatic N) is 2. The minimum atomic E-state index is -0.212. The Morgan fingerprint density at radius 2 is 1.74 bits per heavy atom. The van der Waals surface area contributed by atoms with Crippen molar-refractivity contribution in [2.45, 2.75) is 32.7 Å². The number of halogens is 2. The normalized spacial score (nSPS) is 13.0. The van der Waals surface area contributed by atoms with Crippen LogP contribution in [0.4, 0.5) is 0 Å². The number of hydrogen-bond donors (Lipinski definition) is 0. The molecule has 7 heteroatoms. The summed E-state index contributed by atoms with van der Waals surface area (Å²) in [6.07, 6.45) is 2.86. The predicted molar refractivity (Wildman–Crippen MR) is 134 cm³/mol. The van der Waals surface area contributed by atoms with E-state index in [9.17, 15) is 9.59 Å². The molecule has 2 amide bonds. The van der Waals surface area contributed by atoms with Crippen molar-refractivity contribution >= 4 is 35.0 Å². The van der Waals surface area contributed by atoms with Crippen LogP contribution in [0.1, 0.15) is 40.3 Å². The molecular formula is C27H28Cl2N2O3. The van der Waals surface area contributed by atoms with E-state index in [1.54, 1.807) is 28.0 Å². The summed E-state index contributed by atoms with van der Waals surface area (Å²) in [4.78, 5) is 30.2. The van der Waals surface area contributed by atoms with Crippen LogP contribution in [0.2, 0.25) is 10.0 Å². The molecular weight excluding hydrogens is 471 g/mol. The zero-order chi connectivity index (χ0) is 24.1. The largest absolute Gasteiger partial charge is 0.464 e. The molecule has 3 aromatic rings. The average Bonchev–Trinajstić information content (AvgIpc) is 3.56. The zero-order valence-electron chi connectivity index (χ0n) is 19.2. The summed E-state index contributed by atoms with van der Waals surface area (Å²) >= 11 is 12.2. The number of rotatable bonds is 10. The molecule has 1 aromatic heterocycles. The van der Waals surface area contributed by atoms with Crippen molar-refractivity contribution in [3.8, 4) is 0 Å². The Balaban J connectivity index is 1.50. The quantitative estimate of drug-likeness (QED) is 0.343. The van der Waals surface area contributed by atoms with Gasteiger partial charge in [-0.25, -0.2) is 0 Å². The van der Waals surface area contributed by atoms with Crippen LogP contribution in [0, 0.1) is 12.8 Å². The van der Waals surface area contributed by atoms with Crippen molar-refractivity contribution in [1.82, 2.24) is 9.80 Å². The molecule has 0 unspecified atom stereocenters. The van der Waals surface area contributed by atoms with Gasteiger partial charge in [0, 0.05) is 18.7 Å². The second-order valence-corrected chi connectivity index (χ2v) is 9.64. The highest BCUT2D eigenvalue weighted by Crippen LogP contribution is 2.31. The first-order chi connectivity index (χ1) is 16.4. The molecule has 178 valence electrons. The fraction of sp³-hybridized carbons (Fsp3) is 0.333. The third-order valence-corrected chi connectivity index (χ3v) is 6.70. The molecule has 0 atom stereocenters. The Labute approximate surface area is 210 Å². The number of carbonyl (C=O) groups excluding carboxylic acids is 2. The molecule has 1 heterocycles. The summed E-state index contributed by atoms with van der Waals surface area (Å²) < 4.78 is 5.74. The summed E-state index contributed by atoms with van der Waals surface area (Å²) in [5.74, 6) is 1.64. The van der Waals surface area contributed by atoms with Gasteiger partial charge in [-0.05, 0) is 68.0 Å². The van der Waals surface area contributed by atoms with Crippen LogP contribution in [-0.2, 0) is 17.8 Å². The molecule has 0 radical (unpaired) electrons. The van der Waals surface area contributed by atoms with Crippen LogP contribution in [0.15, 0.2) is 65.1 Å². The van der Waals surface area contributed by atoms with E-state index >= 15 is 0 Å². The second-order valence-electron chi connectivity index (χ2n) is 8.82. The number of furan rings is 1. The maximum absolute atomic E-state index is 13.5. The highest BCUT2D eigenvalue weighted by Gasteiger charge is 2.30. The van der Waals surface area contributed by atoms with Gasteiger partial charge in [0.25, 0.3) is 5.91 Å². The number of amides is 2. The first kappa shape index (κ1) is 24.4. The van der Waals surface area contributed by atoms with Crippen LogP contribution < -0.4 is 0 Å². The second kappa shape index (κ2) is 11.1. The maximum Gasteiger partial charge on any atom is 0.254 e. The monoisotopic (exact) mass is 498 g/mol. The minimum absolute atomic E-state index is 0.00403. The number of benzene rings is 2. The molecule has 0 N–H and O–H groups in total. The number of aryl methyl sites for hydroxylation is 1. The van der Waals surface area contributed by atoms with Crippen molar-refractivity contribution in [3.05, 3.63) is 93.4 Å². The molecule has 5 nitrogen and oxygen atoms in total. The van der Waals surface area contributed by atoms with Gasteiger partial charge in [-0.15, -0.1) is 0 Å². The molecule has 2 aromatic carbocycles. The van der Waals surface area contributed by atoms with Crippen LogP contribution in [0.5, 0.6) is 0 Å². The van der Waals surface area contributed by atoms with E-state index in [1.807, 2.05) is 49.4 Å². The third-order valence-electron chi connectivity index (χ3n) is 5.96. The van der Waals surface area contributed by atoms with Gasteiger partial charge < -0.3 is 14.2 Å². The van der Waals surface area contributed by atoms with Gasteiger partial charge in [0.05, 0.1) is 16.6 Å². The molecule has 0 bridgehead atoms. The summed E-state index contributed by atoms with van der Waals surface area (Å²) in [6.45, 7) is 3.33. The van der Waals surface area contributed by atoms with E-state index in [2.05, 4.69) is 0 Å². The number of hydrogen-bond acceptors (Lipinski definition) is 3. The maximum atomic E-state index is 13.5. The molecule has 1 fully saturated rings. The van der Waals surface area contributed by atoms with Crippen molar-refractivity contribution in [1.29, 1.82) is 0 Å². The molecule has 0 spiro atoms. The Morgan fingerprint density at radius 3 is 2.38 bits per heavy atom. The summed E-state index contributed by atoms with van der Waals surface area (Å²) in [5, 5.41) is 0.715. The fourth-order valence-electron chi connectivity index (χ4n) is 3.87. The molecule has 1 aliphatic rings. The number of carbonyl (C=O) groups is 2. The Hall–Kier alpha value is -2.76. The van der Waals surface area contributed by atoms with Crippen molar-refractivity contribution < 1.29 is 14.0 Å². The molecule has 0 aliphatic heterocycles. The molecule has 1 aliphatic carbocycles. The predicted octanol–water partition coefficient (Wildman–Crippen LogP) is 6.02. The first-order valence-electron chi connectivity index (χ1n) is 11.5. The molecule has 34 heavy (non-hydrogen) atoms. The van der Waals surface area contributed by atoms with E-state index in [4.69, 9.17) is 27.6 Å². The van der Waals surface area contributed by atoms with Crippen LogP contribution >= 0.6 is 23.2 Å². The average molecular weight is 499 g/mol. The highest BCUT2D eigenvalue weighted by atomic mass is 35.5. The third kappa shape index (κ3) is 6.64. The van der Waals surface area contributed by atoms with Crippen molar-refractivity contribution in [3.63, 3.8) is 0 Å². The van der Waals surface area contributed by atoms with Crippen LogP contribution in [-0.4, -0.2) is 41.2 Å². The lowest BCUT2D eigenvalue weighted by molar-refractivity contribution is -0.132. The lowest BCUT2D eigenvalue weighted by Crippen LogP contribution is -2.44. The highest BCUT2D eigenvalue weighted by molar-refractivity contribution is 6.42. The van der Waals surface area contributed by atoms with E-state index in [-0.39, 0.29) is 18.4 Å². The van der Waals surface area contributed by atoms with E-state index in [0.29, 0.717) is 41.2 Å². The summed E-state index contributed by atoms with van der Waals surface area (Å²) in [6, 6.07) is 18.7. The van der Waals surface area contributed by atoms with Gasteiger partial charge in [0.2, 0.25) is 5.91 Å². The van der Waals surface area contributed by atoms with Gasteiger partial charge in [0.1, 0.15) is 18.1 Å². The standard InChI is InChI=1S/C27H28Cl2N2O3/c1-19-7-11-23(34-19)17-30(14-13-20-5-3-2-4-6-20)26(32)18-31(16-21-8-9-21)27(33)22-10-12-24(28)25(29)15-22/h2-7,10-12,15,21H,8-9,13-14,16-18H2,1H3. The van der Waals surface area contributed by atoms with Gasteiger partial charge in [-0.1, -0.05) is 53.5 Å². The Morgan fingerprint density at radius 1 is 0.971 bits per heavy atom. The van der Waals surface area contributed by atoms with Crippen molar-refractivity contribution in [2.24, 2.45) is 5.92 Å². The lowest BCUT2D eigenvalue weighted by atomic mass is 10.1. The van der Waals surface area contributed by atoms with Gasteiger partial charge in [-0.3, -0.25) is 9.59 Å². The smallest absolute Gasteiger partial charge is 0.254 e. The zero-order valence-corrected chi connectivity index (χ0v) is 20.7. The molecule has 1 saturated carbocycles.